The number of hydrogen-bond donors (Lipinski definition) is 1. The number of aromatic nitrogens is 2. The Balaban J connectivity index is 1.99. The lowest BCUT2D eigenvalue weighted by Gasteiger charge is -2.28. The zero-order chi connectivity index (χ0) is 15.4. The second kappa shape index (κ2) is 6.53. The number of ether oxygens (including phenoxy) is 1. The normalized spacial score (nSPS) is 14.8. The van der Waals surface area contributed by atoms with Crippen molar-refractivity contribution in [3.05, 3.63) is 42.1 Å². The van der Waals surface area contributed by atoms with Crippen molar-refractivity contribution in [3.8, 4) is 11.4 Å². The highest BCUT2D eigenvalue weighted by molar-refractivity contribution is 5.70. The monoisotopic (exact) mass is 299 g/mol. The van der Waals surface area contributed by atoms with Crippen LogP contribution in [0.1, 0.15) is 5.69 Å². The number of nitrogens with zero attached hydrogens (tertiary/aromatic N) is 3. The number of rotatable bonds is 4. The smallest absolute Gasteiger partial charge is 0.309 e. The first-order valence-corrected chi connectivity index (χ1v) is 7.20. The average Bonchev–Trinajstić information content (AvgIpc) is 2.55. The van der Waals surface area contributed by atoms with E-state index in [2.05, 4.69) is 14.9 Å². The van der Waals surface area contributed by atoms with Gasteiger partial charge < -0.3 is 14.7 Å². The van der Waals surface area contributed by atoms with Gasteiger partial charge in [-0.15, -0.1) is 0 Å². The molecule has 0 atom stereocenters. The number of carboxylic acids is 1. The summed E-state index contributed by atoms with van der Waals surface area (Å²) in [6.45, 7) is 2.80. The fraction of sp³-hybridized carbons (Fsp3) is 0.312. The lowest BCUT2D eigenvalue weighted by Crippen LogP contribution is -2.37. The molecule has 1 fully saturated rings. The van der Waals surface area contributed by atoms with Gasteiger partial charge in [0.25, 0.3) is 0 Å². The fourth-order valence-electron chi connectivity index (χ4n) is 2.40. The van der Waals surface area contributed by atoms with Gasteiger partial charge in [-0.25, -0.2) is 9.97 Å². The van der Waals surface area contributed by atoms with E-state index in [0.29, 0.717) is 24.7 Å². The van der Waals surface area contributed by atoms with Crippen LogP contribution in [0.2, 0.25) is 0 Å². The van der Waals surface area contributed by atoms with Crippen molar-refractivity contribution in [1.82, 2.24) is 9.97 Å². The van der Waals surface area contributed by atoms with E-state index in [4.69, 9.17) is 9.84 Å². The summed E-state index contributed by atoms with van der Waals surface area (Å²) in [6.07, 6.45) is -0.111. The molecule has 1 N–H and O–H groups in total. The first-order valence-electron chi connectivity index (χ1n) is 7.20. The molecule has 1 aliphatic rings. The molecule has 2 heterocycles. The molecule has 22 heavy (non-hydrogen) atoms. The molecule has 0 aliphatic carbocycles. The van der Waals surface area contributed by atoms with Gasteiger partial charge in [-0.2, -0.15) is 0 Å². The standard InChI is InChI=1S/C16H17N3O3/c20-15(21)11-13-10-14(19-6-8-22-9-7-19)18-16(17-13)12-4-2-1-3-5-12/h1-5,10H,6-9,11H2,(H,20,21). The number of carbonyl (C=O) groups is 1. The van der Waals surface area contributed by atoms with Gasteiger partial charge in [-0.05, 0) is 0 Å². The predicted octanol–water partition coefficient (Wildman–Crippen LogP) is 1.61. The van der Waals surface area contributed by atoms with E-state index in [1.54, 1.807) is 6.07 Å². The molecule has 0 amide bonds. The Morgan fingerprint density at radius 1 is 1.18 bits per heavy atom. The van der Waals surface area contributed by atoms with Crippen molar-refractivity contribution >= 4 is 11.8 Å². The Morgan fingerprint density at radius 3 is 2.59 bits per heavy atom. The lowest BCUT2D eigenvalue weighted by atomic mass is 10.2. The SMILES string of the molecule is O=C(O)Cc1cc(N2CCOCC2)nc(-c2ccccc2)n1. The Kier molecular flexibility index (Phi) is 4.29. The summed E-state index contributed by atoms with van der Waals surface area (Å²) in [4.78, 5) is 22.1. The molecule has 1 aliphatic heterocycles. The largest absolute Gasteiger partial charge is 0.481 e. The average molecular weight is 299 g/mol. The molecule has 0 saturated carbocycles. The Bertz CT molecular complexity index is 655. The minimum Gasteiger partial charge on any atom is -0.481 e. The van der Waals surface area contributed by atoms with Crippen LogP contribution in [0.15, 0.2) is 36.4 Å². The highest BCUT2D eigenvalue weighted by Crippen LogP contribution is 2.21. The van der Waals surface area contributed by atoms with E-state index in [-0.39, 0.29) is 6.42 Å². The topological polar surface area (TPSA) is 75.5 Å². The molecule has 0 spiro atoms. The number of anilines is 1. The molecule has 1 aromatic carbocycles. The molecule has 1 saturated heterocycles. The minimum atomic E-state index is -0.898. The van der Waals surface area contributed by atoms with Gasteiger partial charge in [0, 0.05) is 24.7 Å². The van der Waals surface area contributed by atoms with E-state index in [1.807, 2.05) is 30.3 Å². The molecule has 114 valence electrons. The van der Waals surface area contributed by atoms with Gasteiger partial charge in [-0.1, -0.05) is 30.3 Å². The highest BCUT2D eigenvalue weighted by Gasteiger charge is 2.16. The Morgan fingerprint density at radius 2 is 1.91 bits per heavy atom. The third-order valence-corrected chi connectivity index (χ3v) is 3.47. The molecule has 6 heteroatoms. The second-order valence-electron chi connectivity index (χ2n) is 5.08. The van der Waals surface area contributed by atoms with E-state index in [9.17, 15) is 4.79 Å². The predicted molar refractivity (Wildman–Crippen MR) is 81.8 cm³/mol. The van der Waals surface area contributed by atoms with Gasteiger partial charge in [-0.3, -0.25) is 4.79 Å². The van der Waals surface area contributed by atoms with E-state index in [0.717, 1.165) is 24.5 Å². The lowest BCUT2D eigenvalue weighted by molar-refractivity contribution is -0.136. The van der Waals surface area contributed by atoms with Crippen molar-refractivity contribution in [3.63, 3.8) is 0 Å². The second-order valence-corrected chi connectivity index (χ2v) is 5.08. The van der Waals surface area contributed by atoms with Crippen LogP contribution >= 0.6 is 0 Å². The summed E-state index contributed by atoms with van der Waals surface area (Å²) < 4.78 is 5.35. The summed E-state index contributed by atoms with van der Waals surface area (Å²) >= 11 is 0. The summed E-state index contributed by atoms with van der Waals surface area (Å²) in [5.41, 5.74) is 1.40. The van der Waals surface area contributed by atoms with E-state index in [1.165, 1.54) is 0 Å². The number of carboxylic acid groups (broad SMARTS) is 1. The van der Waals surface area contributed by atoms with Crippen LogP contribution in [-0.2, 0) is 16.0 Å². The van der Waals surface area contributed by atoms with Gasteiger partial charge in [0.15, 0.2) is 5.82 Å². The zero-order valence-corrected chi connectivity index (χ0v) is 12.1. The van der Waals surface area contributed by atoms with Gasteiger partial charge >= 0.3 is 5.97 Å². The Labute approximate surface area is 128 Å². The van der Waals surface area contributed by atoms with Crippen LogP contribution in [0.5, 0.6) is 0 Å². The Hall–Kier alpha value is -2.47. The van der Waals surface area contributed by atoms with Crippen molar-refractivity contribution in [2.24, 2.45) is 0 Å². The van der Waals surface area contributed by atoms with E-state index >= 15 is 0 Å². The summed E-state index contributed by atoms with van der Waals surface area (Å²) in [6, 6.07) is 11.3. The van der Waals surface area contributed by atoms with Gasteiger partial charge in [0.1, 0.15) is 5.82 Å². The quantitative estimate of drug-likeness (QED) is 0.924. The number of morpholine rings is 1. The molecule has 0 bridgehead atoms. The maximum Gasteiger partial charge on any atom is 0.309 e. The fourth-order valence-corrected chi connectivity index (χ4v) is 2.40. The van der Waals surface area contributed by atoms with Crippen molar-refractivity contribution in [1.29, 1.82) is 0 Å². The van der Waals surface area contributed by atoms with E-state index < -0.39 is 5.97 Å². The summed E-state index contributed by atoms with van der Waals surface area (Å²) in [5.74, 6) is 0.417. The third kappa shape index (κ3) is 3.40. The first-order chi connectivity index (χ1) is 10.7. The zero-order valence-electron chi connectivity index (χ0n) is 12.1. The van der Waals surface area contributed by atoms with Crippen LogP contribution in [0, 0.1) is 0 Å². The maximum absolute atomic E-state index is 11.0. The molecular formula is C16H17N3O3. The minimum absolute atomic E-state index is 0.111. The molecule has 2 aromatic rings. The molecule has 6 nitrogen and oxygen atoms in total. The summed E-state index contributed by atoms with van der Waals surface area (Å²) in [5, 5.41) is 9.04. The first kappa shape index (κ1) is 14.5. The maximum atomic E-state index is 11.0. The van der Waals surface area contributed by atoms with Crippen LogP contribution in [0.3, 0.4) is 0 Å². The van der Waals surface area contributed by atoms with Crippen molar-refractivity contribution in [2.75, 3.05) is 31.2 Å². The molecule has 0 radical (unpaired) electrons. The summed E-state index contributed by atoms with van der Waals surface area (Å²) in [7, 11) is 0. The number of benzene rings is 1. The number of aliphatic carboxylic acids is 1. The highest BCUT2D eigenvalue weighted by atomic mass is 16.5. The van der Waals surface area contributed by atoms with Crippen molar-refractivity contribution in [2.45, 2.75) is 6.42 Å². The molecule has 1 aromatic heterocycles. The third-order valence-electron chi connectivity index (χ3n) is 3.47. The van der Waals surface area contributed by atoms with Crippen molar-refractivity contribution < 1.29 is 14.6 Å². The van der Waals surface area contributed by atoms with Gasteiger partial charge in [0.2, 0.25) is 0 Å². The van der Waals surface area contributed by atoms with Crippen LogP contribution in [-0.4, -0.2) is 47.3 Å². The number of hydrogen-bond acceptors (Lipinski definition) is 5. The van der Waals surface area contributed by atoms with Gasteiger partial charge in [0.05, 0.1) is 25.3 Å². The molecule has 3 rings (SSSR count). The van der Waals surface area contributed by atoms with Crippen LogP contribution in [0.4, 0.5) is 5.82 Å². The molecular weight excluding hydrogens is 282 g/mol. The van der Waals surface area contributed by atoms with Crippen LogP contribution < -0.4 is 4.90 Å². The van der Waals surface area contributed by atoms with Crippen LogP contribution in [0.25, 0.3) is 11.4 Å². The molecule has 0 unspecified atom stereocenters.